The Morgan fingerprint density at radius 2 is 2.00 bits per heavy atom. The zero-order valence-electron chi connectivity index (χ0n) is 10.5. The molecule has 0 aliphatic rings. The summed E-state index contributed by atoms with van der Waals surface area (Å²) in [5, 5.41) is 10.8. The van der Waals surface area contributed by atoms with Gasteiger partial charge in [0.1, 0.15) is 0 Å². The Labute approximate surface area is 111 Å². The van der Waals surface area contributed by atoms with Gasteiger partial charge in [0, 0.05) is 6.42 Å². The minimum atomic E-state index is -0.892. The van der Waals surface area contributed by atoms with Crippen LogP contribution in [0.1, 0.15) is 5.56 Å². The van der Waals surface area contributed by atoms with Gasteiger partial charge in [0.15, 0.2) is 0 Å². The average molecular weight is 255 g/mol. The van der Waals surface area contributed by atoms with Crippen LogP contribution in [0.25, 0.3) is 10.8 Å². The molecule has 0 unspecified atom stereocenters. The molecule has 0 aliphatic carbocycles. The fraction of sp³-hybridized carbons (Fsp3) is 0.200. The first-order chi connectivity index (χ1) is 9.24. The fourth-order valence-electron chi connectivity index (χ4n) is 1.95. The molecule has 2 aromatic carbocycles. The van der Waals surface area contributed by atoms with Crippen LogP contribution in [0.15, 0.2) is 42.5 Å². The maximum Gasteiger partial charge on any atom is 0.348 e. The third-order valence-corrected chi connectivity index (χ3v) is 2.89. The summed E-state index contributed by atoms with van der Waals surface area (Å²) in [7, 11) is 1.27. The van der Waals surface area contributed by atoms with Crippen molar-refractivity contribution < 1.29 is 14.3 Å². The highest BCUT2D eigenvalue weighted by molar-refractivity contribution is 5.83. The lowest BCUT2D eigenvalue weighted by Crippen LogP contribution is -2.26. The molecule has 0 N–H and O–H groups in total. The number of methoxy groups -OCH3 is 1. The monoisotopic (exact) mass is 255 g/mol. The Morgan fingerprint density at radius 1 is 1.26 bits per heavy atom. The second-order valence-electron chi connectivity index (χ2n) is 4.11. The van der Waals surface area contributed by atoms with Gasteiger partial charge in [0.2, 0.25) is 6.10 Å². The molecule has 0 saturated heterocycles. The minimum absolute atomic E-state index is 0.311. The van der Waals surface area contributed by atoms with Crippen LogP contribution in [0.3, 0.4) is 0 Å². The maximum absolute atomic E-state index is 11.5. The smallest absolute Gasteiger partial charge is 0.348 e. The van der Waals surface area contributed by atoms with Crippen molar-refractivity contribution in [3.63, 3.8) is 0 Å². The van der Waals surface area contributed by atoms with Gasteiger partial charge in [-0.2, -0.15) is 5.26 Å². The fourth-order valence-corrected chi connectivity index (χ4v) is 1.95. The lowest BCUT2D eigenvalue weighted by molar-refractivity contribution is -0.150. The number of nitrogens with zero attached hydrogens (tertiary/aromatic N) is 1. The maximum atomic E-state index is 11.5. The molecule has 0 saturated carbocycles. The standard InChI is InChI=1S/C15H13NO3/c1-18-15(17)14(19-10-16)9-11-6-7-12-4-2-3-5-13(12)8-11/h2-8,14H,9H2,1H3/t14-/m1/s1. The summed E-state index contributed by atoms with van der Waals surface area (Å²) in [6.07, 6.45) is 0.958. The Balaban J connectivity index is 2.24. The number of nitriles is 1. The van der Waals surface area contributed by atoms with Gasteiger partial charge in [0.05, 0.1) is 7.11 Å². The number of hydrogen-bond donors (Lipinski definition) is 0. The molecule has 0 radical (unpaired) electrons. The lowest BCUT2D eigenvalue weighted by Gasteiger charge is -2.11. The quantitative estimate of drug-likeness (QED) is 0.622. The molecule has 1 atom stereocenters. The SMILES string of the molecule is COC(=O)[C@@H](Cc1ccc2ccccc2c1)OC#N. The first kappa shape index (κ1) is 12.9. The third-order valence-electron chi connectivity index (χ3n) is 2.89. The summed E-state index contributed by atoms with van der Waals surface area (Å²) in [6.45, 7) is 0. The highest BCUT2D eigenvalue weighted by atomic mass is 16.6. The molecule has 0 aromatic heterocycles. The highest BCUT2D eigenvalue weighted by Gasteiger charge is 2.21. The van der Waals surface area contributed by atoms with Gasteiger partial charge in [-0.25, -0.2) is 4.79 Å². The summed E-state index contributed by atoms with van der Waals surface area (Å²) in [4.78, 5) is 11.5. The number of benzene rings is 2. The zero-order valence-corrected chi connectivity index (χ0v) is 10.5. The summed E-state index contributed by atoms with van der Waals surface area (Å²) < 4.78 is 9.35. The van der Waals surface area contributed by atoms with E-state index in [2.05, 4.69) is 4.74 Å². The largest absolute Gasteiger partial charge is 0.466 e. The Kier molecular flexibility index (Phi) is 3.99. The molecule has 19 heavy (non-hydrogen) atoms. The van der Waals surface area contributed by atoms with E-state index in [0.29, 0.717) is 6.42 Å². The van der Waals surface area contributed by atoms with E-state index < -0.39 is 12.1 Å². The first-order valence-corrected chi connectivity index (χ1v) is 5.85. The second-order valence-corrected chi connectivity index (χ2v) is 4.11. The van der Waals surface area contributed by atoms with Crippen molar-refractivity contribution in [2.45, 2.75) is 12.5 Å². The van der Waals surface area contributed by atoms with Gasteiger partial charge in [-0.1, -0.05) is 42.5 Å². The van der Waals surface area contributed by atoms with Crippen LogP contribution in [-0.4, -0.2) is 19.2 Å². The molecule has 0 amide bonds. The van der Waals surface area contributed by atoms with Crippen LogP contribution >= 0.6 is 0 Å². The molecular formula is C15H13NO3. The second kappa shape index (κ2) is 5.87. The van der Waals surface area contributed by atoms with Gasteiger partial charge >= 0.3 is 5.97 Å². The molecule has 0 spiro atoms. The molecular weight excluding hydrogens is 242 g/mol. The van der Waals surface area contributed by atoms with Crippen molar-refractivity contribution in [3.8, 4) is 6.26 Å². The molecule has 0 heterocycles. The number of ether oxygens (including phenoxy) is 2. The van der Waals surface area contributed by atoms with Crippen molar-refractivity contribution in [1.82, 2.24) is 0 Å². The molecule has 96 valence electrons. The van der Waals surface area contributed by atoms with Crippen molar-refractivity contribution in [1.29, 1.82) is 5.26 Å². The third kappa shape index (κ3) is 3.02. The van der Waals surface area contributed by atoms with Crippen LogP contribution in [0, 0.1) is 11.5 Å². The van der Waals surface area contributed by atoms with Gasteiger partial charge < -0.3 is 9.47 Å². The van der Waals surface area contributed by atoms with Gasteiger partial charge in [-0.05, 0) is 16.3 Å². The zero-order chi connectivity index (χ0) is 13.7. The van der Waals surface area contributed by atoms with Gasteiger partial charge in [-0.15, -0.1) is 0 Å². The molecule has 0 fully saturated rings. The molecule has 0 aliphatic heterocycles. The molecule has 0 bridgehead atoms. The predicted octanol–water partition coefficient (Wildman–Crippen LogP) is 2.42. The van der Waals surface area contributed by atoms with Crippen LogP contribution < -0.4 is 0 Å². The topological polar surface area (TPSA) is 59.3 Å². The Morgan fingerprint density at radius 3 is 2.68 bits per heavy atom. The molecule has 2 aromatic rings. The number of carbonyl (C=O) groups excluding carboxylic acids is 1. The lowest BCUT2D eigenvalue weighted by atomic mass is 10.0. The summed E-state index contributed by atoms with van der Waals surface area (Å²) >= 11 is 0. The van der Waals surface area contributed by atoms with E-state index in [4.69, 9.17) is 10.00 Å². The average Bonchev–Trinajstić information content (AvgIpc) is 2.46. The highest BCUT2D eigenvalue weighted by Crippen LogP contribution is 2.17. The normalized spacial score (nSPS) is 11.6. The molecule has 2 rings (SSSR count). The van der Waals surface area contributed by atoms with E-state index in [1.807, 2.05) is 42.5 Å². The van der Waals surface area contributed by atoms with E-state index in [0.717, 1.165) is 16.3 Å². The van der Waals surface area contributed by atoms with E-state index in [9.17, 15) is 4.79 Å². The van der Waals surface area contributed by atoms with E-state index in [-0.39, 0.29) is 0 Å². The number of hydrogen-bond acceptors (Lipinski definition) is 4. The minimum Gasteiger partial charge on any atom is -0.466 e. The summed E-state index contributed by atoms with van der Waals surface area (Å²) in [6, 6.07) is 13.8. The van der Waals surface area contributed by atoms with E-state index >= 15 is 0 Å². The summed E-state index contributed by atoms with van der Waals surface area (Å²) in [5.41, 5.74) is 0.921. The van der Waals surface area contributed by atoms with Crippen molar-refractivity contribution in [2.24, 2.45) is 0 Å². The van der Waals surface area contributed by atoms with Crippen molar-refractivity contribution in [2.75, 3.05) is 7.11 Å². The number of esters is 1. The van der Waals surface area contributed by atoms with E-state index in [1.165, 1.54) is 13.4 Å². The summed E-state index contributed by atoms with van der Waals surface area (Å²) in [5.74, 6) is -0.547. The Hall–Kier alpha value is -2.54. The number of fused-ring (bicyclic) bond motifs is 1. The molecule has 4 heteroatoms. The Bertz CT molecular complexity index is 631. The van der Waals surface area contributed by atoms with Crippen LogP contribution in [0.2, 0.25) is 0 Å². The number of carbonyl (C=O) groups is 1. The van der Waals surface area contributed by atoms with Gasteiger partial charge in [0.25, 0.3) is 6.26 Å². The first-order valence-electron chi connectivity index (χ1n) is 5.85. The van der Waals surface area contributed by atoms with Crippen LogP contribution in [-0.2, 0) is 20.7 Å². The van der Waals surface area contributed by atoms with Crippen LogP contribution in [0.4, 0.5) is 0 Å². The predicted molar refractivity (Wildman–Crippen MR) is 70.2 cm³/mol. The van der Waals surface area contributed by atoms with Gasteiger partial charge in [-0.3, -0.25) is 0 Å². The van der Waals surface area contributed by atoms with Crippen molar-refractivity contribution in [3.05, 3.63) is 48.0 Å². The number of rotatable bonds is 4. The van der Waals surface area contributed by atoms with E-state index in [1.54, 1.807) is 0 Å². The van der Waals surface area contributed by atoms with Crippen LogP contribution in [0.5, 0.6) is 0 Å². The van der Waals surface area contributed by atoms with Crippen molar-refractivity contribution >= 4 is 16.7 Å². The molecule has 4 nitrogen and oxygen atoms in total.